The van der Waals surface area contributed by atoms with Crippen LogP contribution in [0.4, 0.5) is 0 Å². The number of benzene rings is 2. The van der Waals surface area contributed by atoms with Crippen LogP contribution < -0.4 is 4.74 Å². The number of carbonyl (C=O) groups is 1. The van der Waals surface area contributed by atoms with Crippen molar-refractivity contribution in [2.45, 2.75) is 41.2 Å². The first kappa shape index (κ1) is 22.4. The first-order valence-electron chi connectivity index (χ1n) is 11.3. The van der Waals surface area contributed by atoms with Crippen molar-refractivity contribution in [3.8, 4) is 5.75 Å². The van der Waals surface area contributed by atoms with Gasteiger partial charge in [-0.2, -0.15) is 0 Å². The molecule has 1 saturated heterocycles. The first-order chi connectivity index (χ1) is 15.2. The maximum Gasteiger partial charge on any atom is 0.340 e. The second-order valence-electron chi connectivity index (χ2n) is 10.2. The number of nitrogens with one attached hydrogen (secondary N) is 1. The van der Waals surface area contributed by atoms with E-state index in [9.17, 15) is 4.79 Å². The quantitative estimate of drug-likeness (QED) is 0.493. The van der Waals surface area contributed by atoms with E-state index in [1.807, 2.05) is 55.5 Å². The van der Waals surface area contributed by atoms with E-state index in [0.717, 1.165) is 47.5 Å². The number of esters is 1. The number of aromatic nitrogens is 1. The Hall–Kier alpha value is -2.79. The molecule has 0 radical (unpaired) electrons. The largest absolute Gasteiger partial charge is 0.492 e. The Bertz CT molecular complexity index is 1080. The Morgan fingerprint density at radius 3 is 2.41 bits per heavy atom. The van der Waals surface area contributed by atoms with Gasteiger partial charge in [-0.25, -0.2) is 4.79 Å². The Morgan fingerprint density at radius 2 is 1.72 bits per heavy atom. The molecular weight excluding hydrogens is 400 g/mol. The lowest BCUT2D eigenvalue weighted by molar-refractivity contribution is 0.0474. The number of ether oxygens (including phenoxy) is 2. The molecule has 0 atom stereocenters. The van der Waals surface area contributed by atoms with Crippen LogP contribution in [-0.4, -0.2) is 42.1 Å². The fourth-order valence-electron chi connectivity index (χ4n) is 4.51. The first-order valence-corrected chi connectivity index (χ1v) is 11.3. The summed E-state index contributed by atoms with van der Waals surface area (Å²) in [5.41, 5.74) is 3.84. The van der Waals surface area contributed by atoms with E-state index in [-0.39, 0.29) is 12.6 Å². The van der Waals surface area contributed by atoms with Gasteiger partial charge in [0.15, 0.2) is 0 Å². The summed E-state index contributed by atoms with van der Waals surface area (Å²) in [5, 5.41) is 0.835. The Balaban J connectivity index is 1.42. The molecule has 0 bridgehead atoms. The van der Waals surface area contributed by atoms with Crippen molar-refractivity contribution in [3.05, 3.63) is 65.4 Å². The zero-order chi connectivity index (χ0) is 22.9. The maximum atomic E-state index is 12.8. The van der Waals surface area contributed by atoms with E-state index < -0.39 is 0 Å². The Kier molecular flexibility index (Phi) is 6.04. The van der Waals surface area contributed by atoms with Crippen LogP contribution in [0.1, 0.15) is 49.3 Å². The molecule has 0 saturated carbocycles. The van der Waals surface area contributed by atoms with Crippen molar-refractivity contribution >= 4 is 16.9 Å². The van der Waals surface area contributed by atoms with Gasteiger partial charge in [-0.3, -0.25) is 4.90 Å². The predicted molar refractivity (Wildman–Crippen MR) is 128 cm³/mol. The number of likely N-dealkylation sites (tertiary alicyclic amines) is 1. The van der Waals surface area contributed by atoms with Gasteiger partial charge < -0.3 is 14.5 Å². The number of H-pyrrole nitrogens is 1. The van der Waals surface area contributed by atoms with Crippen LogP contribution in [0.2, 0.25) is 0 Å². The normalized spacial score (nSPS) is 17.5. The molecule has 4 rings (SSSR count). The zero-order valence-electron chi connectivity index (χ0n) is 19.8. The molecule has 1 aromatic heterocycles. The number of aromatic amines is 1. The summed E-state index contributed by atoms with van der Waals surface area (Å²) in [4.78, 5) is 18.6. The second-order valence-corrected chi connectivity index (χ2v) is 10.2. The van der Waals surface area contributed by atoms with Crippen molar-refractivity contribution < 1.29 is 14.3 Å². The number of hydrogen-bond donors (Lipinski definition) is 1. The highest BCUT2D eigenvalue weighted by Gasteiger charge is 2.45. The van der Waals surface area contributed by atoms with Crippen LogP contribution in [-0.2, 0) is 11.3 Å². The molecule has 5 heteroatoms. The number of hydrogen-bond acceptors (Lipinski definition) is 4. The monoisotopic (exact) mass is 434 g/mol. The fraction of sp³-hybridized carbons (Fsp3) is 0.444. The third kappa shape index (κ3) is 4.53. The number of nitrogens with zero attached hydrogens (tertiary/aromatic N) is 1. The molecule has 2 heterocycles. The van der Waals surface area contributed by atoms with Crippen molar-refractivity contribution in [1.82, 2.24) is 9.88 Å². The molecule has 5 nitrogen and oxygen atoms in total. The third-order valence-electron chi connectivity index (χ3n) is 7.12. The van der Waals surface area contributed by atoms with E-state index in [1.165, 1.54) is 0 Å². The molecule has 0 aliphatic carbocycles. The fourth-order valence-corrected chi connectivity index (χ4v) is 4.51. The van der Waals surface area contributed by atoms with Gasteiger partial charge in [0.1, 0.15) is 19.0 Å². The lowest BCUT2D eigenvalue weighted by atomic mass is 9.71. The van der Waals surface area contributed by atoms with Crippen LogP contribution in [0.25, 0.3) is 10.9 Å². The summed E-state index contributed by atoms with van der Waals surface area (Å²) in [6.45, 7) is 15.2. The van der Waals surface area contributed by atoms with Gasteiger partial charge in [-0.1, -0.05) is 58.0 Å². The summed E-state index contributed by atoms with van der Waals surface area (Å²) >= 11 is 0. The van der Waals surface area contributed by atoms with Gasteiger partial charge in [0.2, 0.25) is 0 Å². The minimum absolute atomic E-state index is 0.254. The molecular formula is C27H34N2O3. The van der Waals surface area contributed by atoms with Gasteiger partial charge in [0.05, 0.1) is 5.56 Å². The molecule has 32 heavy (non-hydrogen) atoms. The lowest BCUT2D eigenvalue weighted by Crippen LogP contribution is -2.30. The molecule has 2 aromatic carbocycles. The van der Waals surface area contributed by atoms with E-state index >= 15 is 0 Å². The average molecular weight is 435 g/mol. The lowest BCUT2D eigenvalue weighted by Gasteiger charge is -2.33. The zero-order valence-corrected chi connectivity index (χ0v) is 19.8. The van der Waals surface area contributed by atoms with Crippen LogP contribution in [0.5, 0.6) is 5.75 Å². The Labute approximate surface area is 190 Å². The highest BCUT2D eigenvalue weighted by molar-refractivity contribution is 6.05. The van der Waals surface area contributed by atoms with E-state index in [4.69, 9.17) is 9.47 Å². The van der Waals surface area contributed by atoms with Crippen LogP contribution in [0, 0.1) is 17.8 Å². The van der Waals surface area contributed by atoms with Gasteiger partial charge in [-0.05, 0) is 41.5 Å². The van der Waals surface area contributed by atoms with Crippen LogP contribution in [0.15, 0.2) is 48.5 Å². The number of carbonyl (C=O) groups excluding carboxylic acids is 1. The molecule has 170 valence electrons. The standard InChI is InChI=1S/C27H34N2O3/c1-19-24(25(30)32-16-20-9-7-6-8-10-20)22-15-21(11-12-23(22)28-19)31-14-13-29-17-26(2,3)27(4,5)18-29/h6-12,15,28H,13-14,16-18H2,1-5H3. The predicted octanol–water partition coefficient (Wildman–Crippen LogP) is 5.58. The minimum Gasteiger partial charge on any atom is -0.492 e. The molecule has 0 amide bonds. The van der Waals surface area contributed by atoms with Gasteiger partial charge >= 0.3 is 5.97 Å². The van der Waals surface area contributed by atoms with Gasteiger partial charge in [-0.15, -0.1) is 0 Å². The molecule has 1 aliphatic heterocycles. The van der Waals surface area contributed by atoms with Crippen molar-refractivity contribution in [3.63, 3.8) is 0 Å². The van der Waals surface area contributed by atoms with Crippen molar-refractivity contribution in [2.75, 3.05) is 26.2 Å². The number of rotatable bonds is 7. The summed E-state index contributed by atoms with van der Waals surface area (Å²) in [7, 11) is 0. The SMILES string of the molecule is Cc1[nH]c2ccc(OCCN3CC(C)(C)C(C)(C)C3)cc2c1C(=O)OCc1ccccc1. The topological polar surface area (TPSA) is 54.6 Å². The van der Waals surface area contributed by atoms with Gasteiger partial charge in [0.25, 0.3) is 0 Å². The smallest absolute Gasteiger partial charge is 0.340 e. The van der Waals surface area contributed by atoms with Gasteiger partial charge in [0, 0.05) is 36.2 Å². The highest BCUT2D eigenvalue weighted by atomic mass is 16.5. The summed E-state index contributed by atoms with van der Waals surface area (Å²) in [6, 6.07) is 15.6. The summed E-state index contributed by atoms with van der Waals surface area (Å²) in [5.74, 6) is 0.447. The van der Waals surface area contributed by atoms with Crippen LogP contribution >= 0.6 is 0 Å². The van der Waals surface area contributed by atoms with E-state index in [1.54, 1.807) is 0 Å². The maximum absolute atomic E-state index is 12.8. The van der Waals surface area contributed by atoms with Crippen molar-refractivity contribution in [2.24, 2.45) is 10.8 Å². The molecule has 0 spiro atoms. The molecule has 3 aromatic rings. The highest BCUT2D eigenvalue weighted by Crippen LogP contribution is 2.44. The number of fused-ring (bicyclic) bond motifs is 1. The average Bonchev–Trinajstić information content (AvgIpc) is 3.17. The summed E-state index contributed by atoms with van der Waals surface area (Å²) in [6.07, 6.45) is 0. The molecule has 1 N–H and O–H groups in total. The van der Waals surface area contributed by atoms with E-state index in [0.29, 0.717) is 23.0 Å². The molecule has 0 unspecified atom stereocenters. The van der Waals surface area contributed by atoms with E-state index in [2.05, 4.69) is 37.6 Å². The van der Waals surface area contributed by atoms with Crippen molar-refractivity contribution in [1.29, 1.82) is 0 Å². The second kappa shape index (κ2) is 8.62. The minimum atomic E-state index is -0.323. The molecule has 1 aliphatic rings. The number of aryl methyl sites for hydroxylation is 1. The van der Waals surface area contributed by atoms with Crippen LogP contribution in [0.3, 0.4) is 0 Å². The Morgan fingerprint density at radius 1 is 1.03 bits per heavy atom. The molecule has 1 fully saturated rings. The summed E-state index contributed by atoms with van der Waals surface area (Å²) < 4.78 is 11.7. The third-order valence-corrected chi connectivity index (χ3v) is 7.12.